The summed E-state index contributed by atoms with van der Waals surface area (Å²) in [4.78, 5) is 22.4. The van der Waals surface area contributed by atoms with Crippen LogP contribution in [0.25, 0.3) is 0 Å². The zero-order valence-corrected chi connectivity index (χ0v) is 8.46. The molecule has 1 saturated heterocycles. The largest absolute Gasteiger partial charge is 0.465 e. The van der Waals surface area contributed by atoms with E-state index >= 15 is 0 Å². The van der Waals surface area contributed by atoms with Crippen molar-refractivity contribution in [2.75, 3.05) is 6.61 Å². The Kier molecular flexibility index (Phi) is 1.84. The Bertz CT molecular complexity index is 288. The molecule has 2 aliphatic rings. The Balaban J connectivity index is 2.08. The zero-order valence-electron chi connectivity index (χ0n) is 8.46. The average Bonchev–Trinajstić information content (AvgIpc) is 2.75. The minimum atomic E-state index is -0.531. The monoisotopic (exact) mass is 198 g/mol. The van der Waals surface area contributed by atoms with Gasteiger partial charge in [0.15, 0.2) is 0 Å². The fourth-order valence-corrected chi connectivity index (χ4v) is 2.37. The van der Waals surface area contributed by atoms with Gasteiger partial charge in [-0.15, -0.1) is 0 Å². The average molecular weight is 198 g/mol. The lowest BCUT2D eigenvalue weighted by Gasteiger charge is -2.30. The van der Waals surface area contributed by atoms with E-state index < -0.39 is 11.0 Å². The van der Waals surface area contributed by atoms with E-state index in [-0.39, 0.29) is 11.9 Å². The van der Waals surface area contributed by atoms with Crippen molar-refractivity contribution in [2.45, 2.75) is 38.7 Å². The molecule has 0 unspecified atom stereocenters. The summed E-state index contributed by atoms with van der Waals surface area (Å²) in [5.41, 5.74) is -1.03. The Hall–Kier alpha value is -1.06. The van der Waals surface area contributed by atoms with Crippen LogP contribution in [0.15, 0.2) is 0 Å². The highest BCUT2D eigenvalue weighted by Gasteiger charge is 2.79. The van der Waals surface area contributed by atoms with Gasteiger partial charge in [-0.1, -0.05) is 6.92 Å². The van der Waals surface area contributed by atoms with Gasteiger partial charge in [-0.2, -0.15) is 0 Å². The molecular weight excluding hydrogens is 184 g/mol. The molecule has 2 rings (SSSR count). The fourth-order valence-electron chi connectivity index (χ4n) is 2.37. The molecule has 1 aliphatic heterocycles. The lowest BCUT2D eigenvalue weighted by Crippen LogP contribution is -2.43. The van der Waals surface area contributed by atoms with E-state index in [1.165, 1.54) is 0 Å². The maximum Gasteiger partial charge on any atom is 0.316 e. The van der Waals surface area contributed by atoms with Gasteiger partial charge in [-0.3, -0.25) is 9.59 Å². The van der Waals surface area contributed by atoms with Gasteiger partial charge in [0.05, 0.1) is 13.0 Å². The Morgan fingerprint density at radius 2 is 2.21 bits per heavy atom. The fraction of sp³-hybridized carbons (Fsp3) is 0.800. The summed E-state index contributed by atoms with van der Waals surface area (Å²) < 4.78 is 10.1. The summed E-state index contributed by atoms with van der Waals surface area (Å²) in [5.74, 6) is -0.417. The lowest BCUT2D eigenvalue weighted by atomic mass is 9.93. The zero-order chi connectivity index (χ0) is 10.4. The number of esters is 2. The van der Waals surface area contributed by atoms with Crippen molar-refractivity contribution in [1.82, 2.24) is 0 Å². The first-order valence-electron chi connectivity index (χ1n) is 4.99. The standard InChI is InChI=1S/C10H14O4/c1-3-9(8(12)13-4-2)6-10(9)5-7(11)14-10/h3-6H2,1-2H3/t9-,10+/m1/s1. The summed E-state index contributed by atoms with van der Waals surface area (Å²) in [7, 11) is 0. The normalized spacial score (nSPS) is 38.9. The number of hydrogen-bond donors (Lipinski definition) is 0. The molecule has 78 valence electrons. The summed E-state index contributed by atoms with van der Waals surface area (Å²) in [6.07, 6.45) is 1.69. The topological polar surface area (TPSA) is 52.6 Å². The highest BCUT2D eigenvalue weighted by molar-refractivity contribution is 5.90. The molecule has 1 aliphatic carbocycles. The van der Waals surface area contributed by atoms with Crippen molar-refractivity contribution in [3.8, 4) is 0 Å². The number of carbonyl (C=O) groups excluding carboxylic acids is 2. The first-order chi connectivity index (χ1) is 6.60. The minimum Gasteiger partial charge on any atom is -0.465 e. The lowest BCUT2D eigenvalue weighted by molar-refractivity contribution is -0.183. The van der Waals surface area contributed by atoms with Gasteiger partial charge in [0.2, 0.25) is 0 Å². The minimum absolute atomic E-state index is 0.204. The molecule has 4 nitrogen and oxygen atoms in total. The molecule has 0 aromatic heterocycles. The molecule has 1 heterocycles. The second kappa shape index (κ2) is 2.72. The van der Waals surface area contributed by atoms with E-state index in [1.54, 1.807) is 6.92 Å². The third kappa shape index (κ3) is 0.938. The van der Waals surface area contributed by atoms with Crippen LogP contribution in [0.3, 0.4) is 0 Å². The van der Waals surface area contributed by atoms with E-state index in [4.69, 9.17) is 9.47 Å². The highest BCUT2D eigenvalue weighted by Crippen LogP contribution is 2.67. The smallest absolute Gasteiger partial charge is 0.316 e. The summed E-state index contributed by atoms with van der Waals surface area (Å²) in [5, 5.41) is 0. The first kappa shape index (κ1) is 9.49. The Morgan fingerprint density at radius 1 is 1.57 bits per heavy atom. The van der Waals surface area contributed by atoms with E-state index in [1.807, 2.05) is 6.92 Å². The van der Waals surface area contributed by atoms with Gasteiger partial charge >= 0.3 is 11.9 Å². The molecule has 1 saturated carbocycles. The predicted octanol–water partition coefficient (Wildman–Crippen LogP) is 1.04. The van der Waals surface area contributed by atoms with E-state index in [0.29, 0.717) is 25.9 Å². The molecule has 2 atom stereocenters. The second-order valence-electron chi connectivity index (χ2n) is 3.98. The molecule has 1 spiro atoms. The van der Waals surface area contributed by atoms with E-state index in [0.717, 1.165) is 0 Å². The molecule has 0 bridgehead atoms. The Morgan fingerprint density at radius 3 is 2.64 bits per heavy atom. The predicted molar refractivity (Wildman–Crippen MR) is 47.4 cm³/mol. The van der Waals surface area contributed by atoms with Crippen molar-refractivity contribution in [2.24, 2.45) is 5.41 Å². The van der Waals surface area contributed by atoms with Crippen LogP contribution in [0, 0.1) is 5.41 Å². The van der Waals surface area contributed by atoms with Gasteiger partial charge in [-0.25, -0.2) is 0 Å². The van der Waals surface area contributed by atoms with Crippen LogP contribution in [-0.4, -0.2) is 24.1 Å². The number of ether oxygens (including phenoxy) is 2. The number of rotatable bonds is 3. The highest BCUT2D eigenvalue weighted by atomic mass is 16.6. The molecule has 0 aromatic carbocycles. The molecule has 14 heavy (non-hydrogen) atoms. The molecular formula is C10H14O4. The van der Waals surface area contributed by atoms with Crippen LogP contribution in [0.4, 0.5) is 0 Å². The summed E-state index contributed by atoms with van der Waals surface area (Å²) in [6, 6.07) is 0. The molecule has 0 amide bonds. The van der Waals surface area contributed by atoms with Crippen molar-refractivity contribution >= 4 is 11.9 Å². The van der Waals surface area contributed by atoms with Crippen LogP contribution >= 0.6 is 0 Å². The summed E-state index contributed by atoms with van der Waals surface area (Å²) >= 11 is 0. The summed E-state index contributed by atoms with van der Waals surface area (Å²) in [6.45, 7) is 4.09. The first-order valence-corrected chi connectivity index (χ1v) is 4.99. The van der Waals surface area contributed by atoms with Crippen LogP contribution in [0.1, 0.15) is 33.1 Å². The van der Waals surface area contributed by atoms with Crippen molar-refractivity contribution in [1.29, 1.82) is 0 Å². The third-order valence-corrected chi connectivity index (χ3v) is 3.34. The van der Waals surface area contributed by atoms with E-state index in [2.05, 4.69) is 0 Å². The van der Waals surface area contributed by atoms with Crippen molar-refractivity contribution in [3.63, 3.8) is 0 Å². The number of carbonyl (C=O) groups is 2. The molecule has 0 aromatic rings. The van der Waals surface area contributed by atoms with Crippen molar-refractivity contribution in [3.05, 3.63) is 0 Å². The van der Waals surface area contributed by atoms with Crippen LogP contribution in [0.2, 0.25) is 0 Å². The van der Waals surface area contributed by atoms with Crippen molar-refractivity contribution < 1.29 is 19.1 Å². The van der Waals surface area contributed by atoms with Gasteiger partial charge in [0.25, 0.3) is 0 Å². The second-order valence-corrected chi connectivity index (χ2v) is 3.98. The Labute approximate surface area is 82.6 Å². The van der Waals surface area contributed by atoms with Crippen LogP contribution in [-0.2, 0) is 19.1 Å². The van der Waals surface area contributed by atoms with Gasteiger partial charge in [-0.05, 0) is 13.3 Å². The van der Waals surface area contributed by atoms with Gasteiger partial charge in [0, 0.05) is 6.42 Å². The third-order valence-electron chi connectivity index (χ3n) is 3.34. The number of hydrogen-bond acceptors (Lipinski definition) is 4. The maximum absolute atomic E-state index is 11.7. The SMILES string of the molecule is CCOC(=O)[C@@]1(CC)C[C@@]12CC(=O)O2. The molecule has 2 fully saturated rings. The molecule has 4 heteroatoms. The van der Waals surface area contributed by atoms with E-state index in [9.17, 15) is 9.59 Å². The maximum atomic E-state index is 11.7. The quantitative estimate of drug-likeness (QED) is 0.636. The van der Waals surface area contributed by atoms with Gasteiger partial charge < -0.3 is 9.47 Å². The van der Waals surface area contributed by atoms with Crippen LogP contribution < -0.4 is 0 Å². The molecule has 0 radical (unpaired) electrons. The van der Waals surface area contributed by atoms with Gasteiger partial charge in [0.1, 0.15) is 11.0 Å². The van der Waals surface area contributed by atoms with Crippen LogP contribution in [0.5, 0.6) is 0 Å². The molecule has 0 N–H and O–H groups in total.